The van der Waals surface area contributed by atoms with E-state index in [4.69, 9.17) is 18.9 Å². The van der Waals surface area contributed by atoms with E-state index in [2.05, 4.69) is 11.8 Å². The van der Waals surface area contributed by atoms with Crippen LogP contribution in [0.2, 0.25) is 0 Å². The summed E-state index contributed by atoms with van der Waals surface area (Å²) in [5.74, 6) is 7.16. The molecule has 24 heavy (non-hydrogen) atoms. The van der Waals surface area contributed by atoms with Crippen LogP contribution in [0.4, 0.5) is 0 Å². The predicted molar refractivity (Wildman–Crippen MR) is 89.9 cm³/mol. The van der Waals surface area contributed by atoms with Gasteiger partial charge in [-0.25, -0.2) is 4.79 Å². The Morgan fingerprint density at radius 3 is 2.04 bits per heavy atom. The molecule has 0 bridgehead atoms. The molecule has 0 unspecified atom stereocenters. The number of methoxy groups -OCH3 is 4. The van der Waals surface area contributed by atoms with Gasteiger partial charge in [0.05, 0.1) is 39.6 Å². The fourth-order valence-electron chi connectivity index (χ4n) is 2.08. The summed E-state index contributed by atoms with van der Waals surface area (Å²) in [4.78, 5) is 12.0. The molecular weight excluding hydrogens is 308 g/mol. The van der Waals surface area contributed by atoms with Crippen molar-refractivity contribution in [3.8, 4) is 29.1 Å². The number of ether oxygens (including phenoxy) is 4. The first-order valence-corrected chi connectivity index (χ1v) is 7.13. The van der Waals surface area contributed by atoms with Crippen molar-refractivity contribution in [3.63, 3.8) is 0 Å². The second-order valence-corrected chi connectivity index (χ2v) is 4.72. The molecule has 5 nitrogen and oxygen atoms in total. The van der Waals surface area contributed by atoms with Gasteiger partial charge in [0.1, 0.15) is 17.2 Å². The minimum atomic E-state index is -0.508. The van der Waals surface area contributed by atoms with Crippen molar-refractivity contribution in [1.82, 2.24) is 0 Å². The van der Waals surface area contributed by atoms with E-state index in [1.165, 1.54) is 21.3 Å². The molecule has 0 aliphatic heterocycles. The van der Waals surface area contributed by atoms with Crippen molar-refractivity contribution in [2.24, 2.45) is 0 Å². The Labute approximate surface area is 141 Å². The first kappa shape index (κ1) is 17.2. The molecule has 0 saturated heterocycles. The average Bonchev–Trinajstić information content (AvgIpc) is 2.65. The summed E-state index contributed by atoms with van der Waals surface area (Å²) < 4.78 is 20.5. The van der Waals surface area contributed by atoms with Crippen LogP contribution in [-0.4, -0.2) is 34.4 Å². The van der Waals surface area contributed by atoms with Crippen LogP contribution in [0.3, 0.4) is 0 Å². The van der Waals surface area contributed by atoms with Crippen molar-refractivity contribution >= 4 is 5.97 Å². The van der Waals surface area contributed by atoms with Gasteiger partial charge in [0, 0.05) is 11.6 Å². The van der Waals surface area contributed by atoms with Gasteiger partial charge in [0.25, 0.3) is 0 Å². The van der Waals surface area contributed by atoms with E-state index in [-0.39, 0.29) is 5.56 Å². The van der Waals surface area contributed by atoms with E-state index in [1.54, 1.807) is 19.2 Å². The van der Waals surface area contributed by atoms with Crippen molar-refractivity contribution in [2.45, 2.75) is 0 Å². The third-order valence-corrected chi connectivity index (χ3v) is 3.36. The van der Waals surface area contributed by atoms with Gasteiger partial charge < -0.3 is 18.9 Å². The molecular formula is C19H18O5. The Morgan fingerprint density at radius 1 is 0.833 bits per heavy atom. The Balaban J connectivity index is 2.51. The summed E-state index contributed by atoms with van der Waals surface area (Å²) >= 11 is 0. The number of esters is 1. The molecule has 5 heteroatoms. The van der Waals surface area contributed by atoms with Gasteiger partial charge in [0.2, 0.25) is 0 Å². The highest BCUT2D eigenvalue weighted by atomic mass is 16.5. The SMILES string of the molecule is COC(=O)c1cc(OC)cc(OC)c1C#Cc1ccc(OC)cc1. The Bertz CT molecular complexity index is 782. The number of carbonyl (C=O) groups is 1. The highest BCUT2D eigenvalue weighted by Gasteiger charge is 2.17. The number of hydrogen-bond acceptors (Lipinski definition) is 5. The summed E-state index contributed by atoms with van der Waals surface area (Å²) in [6, 6.07) is 10.5. The normalized spacial score (nSPS) is 9.50. The lowest BCUT2D eigenvalue weighted by Gasteiger charge is -2.10. The van der Waals surface area contributed by atoms with E-state index in [0.717, 1.165) is 11.3 Å². The molecule has 0 atom stereocenters. The van der Waals surface area contributed by atoms with E-state index in [0.29, 0.717) is 17.1 Å². The lowest BCUT2D eigenvalue weighted by molar-refractivity contribution is 0.0599. The minimum absolute atomic E-state index is 0.287. The maximum absolute atomic E-state index is 12.0. The maximum atomic E-state index is 12.0. The Kier molecular flexibility index (Phi) is 5.69. The van der Waals surface area contributed by atoms with Gasteiger partial charge >= 0.3 is 5.97 Å². The molecule has 0 heterocycles. The number of hydrogen-bond donors (Lipinski definition) is 0. The van der Waals surface area contributed by atoms with Crippen LogP contribution in [0, 0.1) is 11.8 Å². The third-order valence-electron chi connectivity index (χ3n) is 3.36. The number of benzene rings is 2. The summed E-state index contributed by atoms with van der Waals surface area (Å²) in [7, 11) is 5.94. The minimum Gasteiger partial charge on any atom is -0.497 e. The van der Waals surface area contributed by atoms with Gasteiger partial charge in [0.15, 0.2) is 0 Å². The largest absolute Gasteiger partial charge is 0.497 e. The molecule has 0 fully saturated rings. The summed E-state index contributed by atoms with van der Waals surface area (Å²) in [5, 5.41) is 0. The first-order chi connectivity index (χ1) is 11.6. The first-order valence-electron chi connectivity index (χ1n) is 7.13. The highest BCUT2D eigenvalue weighted by Crippen LogP contribution is 2.28. The topological polar surface area (TPSA) is 54.0 Å². The smallest absolute Gasteiger partial charge is 0.339 e. The maximum Gasteiger partial charge on any atom is 0.339 e. The fourth-order valence-corrected chi connectivity index (χ4v) is 2.08. The van der Waals surface area contributed by atoms with Gasteiger partial charge in [-0.2, -0.15) is 0 Å². The molecule has 0 aromatic heterocycles. The Hall–Kier alpha value is -3.13. The van der Waals surface area contributed by atoms with Crippen molar-refractivity contribution in [3.05, 3.63) is 53.1 Å². The van der Waals surface area contributed by atoms with Crippen molar-refractivity contribution < 1.29 is 23.7 Å². The molecule has 0 aliphatic rings. The van der Waals surface area contributed by atoms with Crippen LogP contribution in [0.1, 0.15) is 21.5 Å². The molecule has 124 valence electrons. The lowest BCUT2D eigenvalue weighted by Crippen LogP contribution is -2.06. The molecule has 0 N–H and O–H groups in total. The summed E-state index contributed by atoms with van der Waals surface area (Å²) in [5.41, 5.74) is 1.51. The van der Waals surface area contributed by atoms with Crippen LogP contribution in [0.15, 0.2) is 36.4 Å². The van der Waals surface area contributed by atoms with E-state index >= 15 is 0 Å². The molecule has 0 radical (unpaired) electrons. The molecule has 0 amide bonds. The molecule has 2 rings (SSSR count). The molecule has 2 aromatic rings. The van der Waals surface area contributed by atoms with Crippen LogP contribution in [0.5, 0.6) is 17.2 Å². The fraction of sp³-hybridized carbons (Fsp3) is 0.211. The van der Waals surface area contributed by atoms with Gasteiger partial charge in [-0.15, -0.1) is 0 Å². The third kappa shape index (κ3) is 3.79. The molecule has 0 saturated carbocycles. The second kappa shape index (κ2) is 7.93. The van der Waals surface area contributed by atoms with Crippen LogP contribution < -0.4 is 14.2 Å². The van der Waals surface area contributed by atoms with E-state index in [1.807, 2.05) is 24.3 Å². The van der Waals surface area contributed by atoms with Crippen molar-refractivity contribution in [1.29, 1.82) is 0 Å². The Morgan fingerprint density at radius 2 is 1.50 bits per heavy atom. The molecule has 0 spiro atoms. The monoisotopic (exact) mass is 326 g/mol. The van der Waals surface area contributed by atoms with Crippen molar-refractivity contribution in [2.75, 3.05) is 28.4 Å². The van der Waals surface area contributed by atoms with Gasteiger partial charge in [-0.3, -0.25) is 0 Å². The summed E-state index contributed by atoms with van der Waals surface area (Å²) in [6.45, 7) is 0. The average molecular weight is 326 g/mol. The zero-order chi connectivity index (χ0) is 17.5. The second-order valence-electron chi connectivity index (χ2n) is 4.72. The summed E-state index contributed by atoms with van der Waals surface area (Å²) in [6.07, 6.45) is 0. The zero-order valence-electron chi connectivity index (χ0n) is 14.0. The standard InChI is InChI=1S/C19H18O5/c1-21-14-8-5-13(6-9-14)7-10-16-17(19(20)24-4)11-15(22-2)12-18(16)23-3/h5-6,8-9,11-12H,1-4H3. The zero-order valence-corrected chi connectivity index (χ0v) is 14.0. The number of carbonyl (C=O) groups excluding carboxylic acids is 1. The quantitative estimate of drug-likeness (QED) is 0.639. The highest BCUT2D eigenvalue weighted by molar-refractivity contribution is 5.94. The van der Waals surface area contributed by atoms with E-state index in [9.17, 15) is 4.79 Å². The van der Waals surface area contributed by atoms with Gasteiger partial charge in [-0.05, 0) is 30.3 Å². The predicted octanol–water partition coefficient (Wildman–Crippen LogP) is 2.90. The molecule has 0 aliphatic carbocycles. The van der Waals surface area contributed by atoms with Gasteiger partial charge in [-0.1, -0.05) is 11.8 Å². The lowest BCUT2D eigenvalue weighted by atomic mass is 10.1. The van der Waals surface area contributed by atoms with Crippen LogP contribution >= 0.6 is 0 Å². The van der Waals surface area contributed by atoms with Crippen LogP contribution in [0.25, 0.3) is 0 Å². The van der Waals surface area contributed by atoms with Crippen LogP contribution in [-0.2, 0) is 4.74 Å². The number of rotatable bonds is 4. The van der Waals surface area contributed by atoms with E-state index < -0.39 is 5.97 Å². The molecule has 2 aromatic carbocycles.